The van der Waals surface area contributed by atoms with Crippen LogP contribution in [0.5, 0.6) is 0 Å². The minimum absolute atomic E-state index is 0.161. The molecule has 1 aliphatic rings. The zero-order valence-corrected chi connectivity index (χ0v) is 18.8. The summed E-state index contributed by atoms with van der Waals surface area (Å²) in [5.41, 5.74) is 3.43. The molecule has 0 fully saturated rings. The molecule has 0 spiro atoms. The molecule has 6 aromatic rings. The largest absolute Gasteiger partial charge is 0.457 e. The second-order valence-electron chi connectivity index (χ2n) is 8.27. The highest BCUT2D eigenvalue weighted by molar-refractivity contribution is 7.15. The van der Waals surface area contributed by atoms with Crippen molar-refractivity contribution in [3.63, 3.8) is 0 Å². The molecule has 0 unspecified atom stereocenters. The Balaban J connectivity index is 1.35. The molecule has 3 aromatic carbocycles. The van der Waals surface area contributed by atoms with Crippen molar-refractivity contribution < 1.29 is 14.0 Å². The van der Waals surface area contributed by atoms with E-state index in [1.807, 2.05) is 24.3 Å². The van der Waals surface area contributed by atoms with Crippen LogP contribution in [0.4, 0.5) is 0 Å². The molecule has 0 saturated carbocycles. The quantitative estimate of drug-likeness (QED) is 0.369. The third-order valence-electron chi connectivity index (χ3n) is 6.26. The first-order chi connectivity index (χ1) is 17.1. The maximum absolute atomic E-state index is 13.3. The first-order valence-electron chi connectivity index (χ1n) is 10.9. The predicted molar refractivity (Wildman–Crippen MR) is 133 cm³/mol. The van der Waals surface area contributed by atoms with E-state index in [0.717, 1.165) is 11.0 Å². The first-order valence-corrected chi connectivity index (χ1v) is 11.8. The fourth-order valence-electron chi connectivity index (χ4n) is 4.67. The fraction of sp³-hybridized carbons (Fsp3) is 0. The number of carbonyl (C=O) groups is 2. The SMILES string of the molecule is O=C1c2ccccc2C(=O)c2c1cccc2-c1ccc(C=c2sc3nc4ccccc4n3c2=O)o1. The number of rotatable bonds is 2. The number of benzene rings is 3. The summed E-state index contributed by atoms with van der Waals surface area (Å²) in [5, 5.41) is 0. The van der Waals surface area contributed by atoms with Gasteiger partial charge in [0.25, 0.3) is 5.56 Å². The Labute approximate surface area is 201 Å². The molecule has 1 aliphatic carbocycles. The predicted octanol–water partition coefficient (Wildman–Crippen LogP) is 4.49. The maximum atomic E-state index is 13.3. The summed E-state index contributed by atoms with van der Waals surface area (Å²) < 4.78 is 8.14. The molecule has 3 aromatic heterocycles. The lowest BCUT2D eigenvalue weighted by Gasteiger charge is -2.19. The lowest BCUT2D eigenvalue weighted by atomic mass is 9.81. The van der Waals surface area contributed by atoms with Gasteiger partial charge in [0.2, 0.25) is 0 Å². The lowest BCUT2D eigenvalue weighted by molar-refractivity contribution is 0.0979. The number of furan rings is 1. The summed E-state index contributed by atoms with van der Waals surface area (Å²) in [7, 11) is 0. The average molecular weight is 474 g/mol. The van der Waals surface area contributed by atoms with E-state index in [1.165, 1.54) is 11.3 Å². The van der Waals surface area contributed by atoms with Crippen LogP contribution in [0.3, 0.4) is 0 Å². The third kappa shape index (κ3) is 2.82. The van der Waals surface area contributed by atoms with E-state index in [2.05, 4.69) is 4.98 Å². The molecular weight excluding hydrogens is 460 g/mol. The van der Waals surface area contributed by atoms with Crippen molar-refractivity contribution >= 4 is 45.0 Å². The average Bonchev–Trinajstić information content (AvgIpc) is 3.57. The number of hydrogen-bond acceptors (Lipinski definition) is 6. The zero-order chi connectivity index (χ0) is 23.7. The fourth-order valence-corrected chi connectivity index (χ4v) is 5.63. The van der Waals surface area contributed by atoms with Gasteiger partial charge in [0.05, 0.1) is 11.0 Å². The van der Waals surface area contributed by atoms with Crippen LogP contribution in [0.1, 0.15) is 37.6 Å². The van der Waals surface area contributed by atoms with Gasteiger partial charge in [-0.15, -0.1) is 0 Å². The lowest BCUT2D eigenvalue weighted by Crippen LogP contribution is -2.22. The Bertz CT molecular complexity index is 1980. The van der Waals surface area contributed by atoms with E-state index in [0.29, 0.717) is 48.8 Å². The number of ketones is 2. The highest BCUT2D eigenvalue weighted by Crippen LogP contribution is 2.35. The number of aromatic nitrogens is 2. The number of carbonyl (C=O) groups excluding carboxylic acids is 2. The first kappa shape index (κ1) is 19.8. The standard InChI is InChI=1S/C28H14N2O4S/c31-25-16-6-1-2-7-17(16)26(32)24-18(8-5-9-19(24)25)22-13-12-15(34-22)14-23-27(33)30-21-11-4-3-10-20(21)29-28(30)35-23/h1-14H. The van der Waals surface area contributed by atoms with Crippen LogP contribution in [-0.2, 0) is 0 Å². The second kappa shape index (κ2) is 7.19. The normalized spacial score (nSPS) is 13.5. The summed E-state index contributed by atoms with van der Waals surface area (Å²) >= 11 is 1.29. The van der Waals surface area contributed by atoms with Crippen molar-refractivity contribution in [1.29, 1.82) is 0 Å². The second-order valence-corrected chi connectivity index (χ2v) is 9.28. The molecule has 0 bridgehead atoms. The minimum atomic E-state index is -0.207. The third-order valence-corrected chi connectivity index (χ3v) is 7.23. The minimum Gasteiger partial charge on any atom is -0.457 e. The zero-order valence-electron chi connectivity index (χ0n) is 18.0. The van der Waals surface area contributed by atoms with Crippen LogP contribution in [0, 0.1) is 0 Å². The summed E-state index contributed by atoms with van der Waals surface area (Å²) in [6.07, 6.45) is 1.68. The molecule has 0 radical (unpaired) electrons. The van der Waals surface area contributed by atoms with E-state index in [1.54, 1.807) is 65.1 Å². The number of hydrogen-bond donors (Lipinski definition) is 0. The van der Waals surface area contributed by atoms with Gasteiger partial charge in [-0.2, -0.15) is 0 Å². The van der Waals surface area contributed by atoms with Crippen LogP contribution < -0.4 is 10.1 Å². The smallest absolute Gasteiger partial charge is 0.275 e. The Kier molecular flexibility index (Phi) is 4.07. The van der Waals surface area contributed by atoms with Gasteiger partial charge in [-0.3, -0.25) is 14.4 Å². The van der Waals surface area contributed by atoms with Gasteiger partial charge in [-0.1, -0.05) is 65.9 Å². The van der Waals surface area contributed by atoms with Gasteiger partial charge in [-0.25, -0.2) is 9.38 Å². The van der Waals surface area contributed by atoms with Crippen LogP contribution in [0.25, 0.3) is 33.4 Å². The van der Waals surface area contributed by atoms with Crippen molar-refractivity contribution in [2.75, 3.05) is 0 Å². The van der Waals surface area contributed by atoms with Crippen molar-refractivity contribution in [2.24, 2.45) is 0 Å². The van der Waals surface area contributed by atoms with Crippen molar-refractivity contribution in [3.05, 3.63) is 122 Å². The van der Waals surface area contributed by atoms with Gasteiger partial charge >= 0.3 is 0 Å². The molecular formula is C28H14N2O4S. The Hall–Kier alpha value is -4.62. The van der Waals surface area contributed by atoms with E-state index in [9.17, 15) is 14.4 Å². The van der Waals surface area contributed by atoms with Crippen molar-refractivity contribution in [1.82, 2.24) is 9.38 Å². The van der Waals surface area contributed by atoms with Crippen LogP contribution in [0.2, 0.25) is 0 Å². The number of imidazole rings is 1. The molecule has 0 aliphatic heterocycles. The van der Waals surface area contributed by atoms with Gasteiger partial charge in [-0.05, 0) is 24.3 Å². The van der Waals surface area contributed by atoms with Crippen molar-refractivity contribution in [2.45, 2.75) is 0 Å². The number of fused-ring (bicyclic) bond motifs is 5. The summed E-state index contributed by atoms with van der Waals surface area (Å²) in [5.74, 6) is 0.535. The summed E-state index contributed by atoms with van der Waals surface area (Å²) in [4.78, 5) is 44.6. The van der Waals surface area contributed by atoms with E-state index in [4.69, 9.17) is 4.42 Å². The molecule has 7 rings (SSSR count). The number of nitrogens with zero attached hydrogens (tertiary/aromatic N) is 2. The van der Waals surface area contributed by atoms with Gasteiger partial charge in [0, 0.05) is 33.9 Å². The number of thiazole rings is 1. The van der Waals surface area contributed by atoms with Gasteiger partial charge in [0.1, 0.15) is 16.1 Å². The van der Waals surface area contributed by atoms with Gasteiger partial charge in [0.15, 0.2) is 16.5 Å². The highest BCUT2D eigenvalue weighted by atomic mass is 32.1. The van der Waals surface area contributed by atoms with Crippen LogP contribution in [0.15, 0.2) is 88.1 Å². The highest BCUT2D eigenvalue weighted by Gasteiger charge is 2.32. The molecule has 166 valence electrons. The van der Waals surface area contributed by atoms with E-state index < -0.39 is 0 Å². The molecule has 3 heterocycles. The van der Waals surface area contributed by atoms with Crippen LogP contribution in [-0.4, -0.2) is 21.0 Å². The Morgan fingerprint density at radius 1 is 0.743 bits per heavy atom. The molecule has 6 nitrogen and oxygen atoms in total. The van der Waals surface area contributed by atoms with Gasteiger partial charge < -0.3 is 4.42 Å². The molecule has 7 heteroatoms. The maximum Gasteiger partial charge on any atom is 0.275 e. The molecule has 35 heavy (non-hydrogen) atoms. The molecule has 0 amide bonds. The van der Waals surface area contributed by atoms with Crippen molar-refractivity contribution in [3.8, 4) is 11.3 Å². The topological polar surface area (TPSA) is 81.6 Å². The summed E-state index contributed by atoms with van der Waals surface area (Å²) in [6.45, 7) is 0. The van der Waals surface area contributed by atoms with Crippen LogP contribution >= 0.6 is 11.3 Å². The molecule has 0 saturated heterocycles. The Morgan fingerprint density at radius 2 is 1.46 bits per heavy atom. The Morgan fingerprint density at radius 3 is 2.31 bits per heavy atom. The monoisotopic (exact) mass is 474 g/mol. The number of para-hydroxylation sites is 2. The summed E-state index contributed by atoms with van der Waals surface area (Å²) in [6, 6.07) is 23.0. The molecule has 0 N–H and O–H groups in total. The molecule has 0 atom stereocenters. The van der Waals surface area contributed by atoms with E-state index in [-0.39, 0.29) is 17.1 Å². The van der Waals surface area contributed by atoms with E-state index >= 15 is 0 Å².